The molecule has 0 unspecified atom stereocenters. The Morgan fingerprint density at radius 1 is 0.880 bits per heavy atom. The molecule has 3 rings (SSSR count). The fourth-order valence-corrected chi connectivity index (χ4v) is 2.68. The van der Waals surface area contributed by atoms with E-state index in [1.165, 1.54) is 24.3 Å². The van der Waals surface area contributed by atoms with Gasteiger partial charge in [0, 0.05) is 19.5 Å². The Morgan fingerprint density at radius 3 is 2.08 bits per heavy atom. The minimum atomic E-state index is -0.246. The standard InChI is InChI=1S/C19H20F2N4/c1-2-25-18(13-15-5-9-17(21)10-6-15)23-24-19(25)22-12-11-14-3-7-16(20)8-4-14/h3-10H,2,11-13H2,1H3,(H,22,24). The van der Waals surface area contributed by atoms with Crippen LogP contribution in [0.4, 0.5) is 14.7 Å². The molecule has 25 heavy (non-hydrogen) atoms. The summed E-state index contributed by atoms with van der Waals surface area (Å²) >= 11 is 0. The quantitative estimate of drug-likeness (QED) is 0.710. The lowest BCUT2D eigenvalue weighted by molar-refractivity contribution is 0.626. The van der Waals surface area contributed by atoms with Crippen molar-refractivity contribution in [3.8, 4) is 0 Å². The second kappa shape index (κ2) is 7.88. The van der Waals surface area contributed by atoms with Crippen molar-refractivity contribution in [3.63, 3.8) is 0 Å². The van der Waals surface area contributed by atoms with E-state index >= 15 is 0 Å². The summed E-state index contributed by atoms with van der Waals surface area (Å²) in [4.78, 5) is 0. The average molecular weight is 342 g/mol. The SMILES string of the molecule is CCn1c(Cc2ccc(F)cc2)nnc1NCCc1ccc(F)cc1. The molecule has 0 saturated carbocycles. The van der Waals surface area contributed by atoms with Crippen LogP contribution in [0.25, 0.3) is 0 Å². The van der Waals surface area contributed by atoms with Crippen LogP contribution in [-0.2, 0) is 19.4 Å². The topological polar surface area (TPSA) is 42.7 Å². The molecule has 0 amide bonds. The van der Waals surface area contributed by atoms with Crippen LogP contribution in [0.15, 0.2) is 48.5 Å². The highest BCUT2D eigenvalue weighted by Crippen LogP contribution is 2.13. The van der Waals surface area contributed by atoms with Crippen LogP contribution in [0.3, 0.4) is 0 Å². The second-order valence-corrected chi connectivity index (χ2v) is 5.79. The Hall–Kier alpha value is -2.76. The van der Waals surface area contributed by atoms with Crippen LogP contribution in [-0.4, -0.2) is 21.3 Å². The van der Waals surface area contributed by atoms with Gasteiger partial charge in [0.2, 0.25) is 5.95 Å². The van der Waals surface area contributed by atoms with Gasteiger partial charge in [-0.2, -0.15) is 0 Å². The Labute approximate surface area is 145 Å². The zero-order valence-corrected chi connectivity index (χ0v) is 14.0. The maximum atomic E-state index is 13.0. The number of hydrogen-bond donors (Lipinski definition) is 1. The van der Waals surface area contributed by atoms with E-state index in [0.29, 0.717) is 18.9 Å². The number of rotatable bonds is 7. The number of anilines is 1. The molecule has 0 saturated heterocycles. The lowest BCUT2D eigenvalue weighted by atomic mass is 10.1. The molecule has 0 fully saturated rings. The molecular weight excluding hydrogens is 322 g/mol. The first-order valence-electron chi connectivity index (χ1n) is 8.30. The minimum Gasteiger partial charge on any atom is -0.354 e. The second-order valence-electron chi connectivity index (χ2n) is 5.79. The van der Waals surface area contributed by atoms with Crippen molar-refractivity contribution < 1.29 is 8.78 Å². The number of benzene rings is 2. The average Bonchev–Trinajstić information content (AvgIpc) is 3.00. The van der Waals surface area contributed by atoms with Crippen molar-refractivity contribution in [1.29, 1.82) is 0 Å². The molecule has 0 radical (unpaired) electrons. The van der Waals surface area contributed by atoms with Crippen LogP contribution >= 0.6 is 0 Å². The summed E-state index contributed by atoms with van der Waals surface area (Å²) in [6.07, 6.45) is 1.37. The van der Waals surface area contributed by atoms with Crippen LogP contribution < -0.4 is 5.32 Å². The lowest BCUT2D eigenvalue weighted by Crippen LogP contribution is -2.12. The van der Waals surface area contributed by atoms with Crippen molar-refractivity contribution in [2.24, 2.45) is 0 Å². The zero-order valence-electron chi connectivity index (χ0n) is 14.0. The first-order chi connectivity index (χ1) is 12.2. The zero-order chi connectivity index (χ0) is 17.6. The van der Waals surface area contributed by atoms with Gasteiger partial charge in [-0.3, -0.25) is 4.57 Å². The van der Waals surface area contributed by atoms with Gasteiger partial charge in [-0.15, -0.1) is 10.2 Å². The van der Waals surface area contributed by atoms with Gasteiger partial charge in [0.15, 0.2) is 0 Å². The molecule has 1 heterocycles. The Bertz CT molecular complexity index is 810. The summed E-state index contributed by atoms with van der Waals surface area (Å²) in [6, 6.07) is 12.9. The fraction of sp³-hybridized carbons (Fsp3) is 0.263. The molecule has 1 N–H and O–H groups in total. The van der Waals surface area contributed by atoms with Crippen molar-refractivity contribution in [1.82, 2.24) is 14.8 Å². The van der Waals surface area contributed by atoms with Crippen molar-refractivity contribution in [3.05, 3.63) is 77.1 Å². The molecule has 0 atom stereocenters. The summed E-state index contributed by atoms with van der Waals surface area (Å²) in [5, 5.41) is 11.7. The number of aromatic nitrogens is 3. The monoisotopic (exact) mass is 342 g/mol. The summed E-state index contributed by atoms with van der Waals surface area (Å²) in [7, 11) is 0. The third-order valence-electron chi connectivity index (χ3n) is 4.03. The predicted molar refractivity (Wildman–Crippen MR) is 93.5 cm³/mol. The van der Waals surface area contributed by atoms with E-state index in [9.17, 15) is 8.78 Å². The maximum absolute atomic E-state index is 13.0. The van der Waals surface area contributed by atoms with Gasteiger partial charge < -0.3 is 5.32 Å². The van der Waals surface area contributed by atoms with E-state index in [0.717, 1.165) is 29.9 Å². The van der Waals surface area contributed by atoms with Gasteiger partial charge in [0.1, 0.15) is 17.5 Å². The smallest absolute Gasteiger partial charge is 0.224 e. The molecule has 3 aromatic rings. The molecule has 0 aliphatic rings. The van der Waals surface area contributed by atoms with Crippen molar-refractivity contribution in [2.45, 2.75) is 26.3 Å². The van der Waals surface area contributed by atoms with Crippen LogP contribution in [0.5, 0.6) is 0 Å². The normalized spacial score (nSPS) is 10.8. The minimum absolute atomic E-state index is 0.229. The van der Waals surface area contributed by atoms with Crippen LogP contribution in [0, 0.1) is 11.6 Å². The number of halogens is 2. The third-order valence-corrected chi connectivity index (χ3v) is 4.03. The van der Waals surface area contributed by atoms with E-state index in [1.54, 1.807) is 24.3 Å². The molecule has 2 aromatic carbocycles. The van der Waals surface area contributed by atoms with E-state index < -0.39 is 0 Å². The molecule has 1 aromatic heterocycles. The summed E-state index contributed by atoms with van der Waals surface area (Å²) in [5.74, 6) is 1.07. The Balaban J connectivity index is 1.63. The molecule has 0 aliphatic carbocycles. The number of nitrogens with zero attached hydrogens (tertiary/aromatic N) is 3. The van der Waals surface area contributed by atoms with Gasteiger partial charge in [-0.05, 0) is 48.7 Å². The fourth-order valence-electron chi connectivity index (χ4n) is 2.68. The van der Waals surface area contributed by atoms with Crippen LogP contribution in [0.2, 0.25) is 0 Å². The lowest BCUT2D eigenvalue weighted by Gasteiger charge is -2.09. The van der Waals surface area contributed by atoms with Gasteiger partial charge in [-0.25, -0.2) is 8.78 Å². The number of nitrogens with one attached hydrogen (secondary N) is 1. The Kier molecular flexibility index (Phi) is 5.38. The van der Waals surface area contributed by atoms with Crippen molar-refractivity contribution >= 4 is 5.95 Å². The van der Waals surface area contributed by atoms with Gasteiger partial charge in [0.05, 0.1) is 0 Å². The predicted octanol–water partition coefficient (Wildman–Crippen LogP) is 3.82. The van der Waals surface area contributed by atoms with Gasteiger partial charge >= 0.3 is 0 Å². The number of hydrogen-bond acceptors (Lipinski definition) is 3. The molecular formula is C19H20F2N4. The summed E-state index contributed by atoms with van der Waals surface area (Å²) < 4.78 is 27.9. The largest absolute Gasteiger partial charge is 0.354 e. The van der Waals surface area contributed by atoms with Gasteiger partial charge in [0.25, 0.3) is 0 Å². The molecule has 0 bridgehead atoms. The highest BCUT2D eigenvalue weighted by Gasteiger charge is 2.11. The first-order valence-corrected chi connectivity index (χ1v) is 8.30. The van der Waals surface area contributed by atoms with E-state index in [-0.39, 0.29) is 11.6 Å². The Morgan fingerprint density at radius 2 is 1.48 bits per heavy atom. The van der Waals surface area contributed by atoms with Gasteiger partial charge in [-0.1, -0.05) is 24.3 Å². The third kappa shape index (κ3) is 4.41. The first kappa shape index (κ1) is 17.1. The van der Waals surface area contributed by atoms with Crippen LogP contribution in [0.1, 0.15) is 23.9 Å². The van der Waals surface area contributed by atoms with E-state index in [2.05, 4.69) is 15.5 Å². The maximum Gasteiger partial charge on any atom is 0.224 e. The highest BCUT2D eigenvalue weighted by atomic mass is 19.1. The van der Waals surface area contributed by atoms with E-state index in [4.69, 9.17) is 0 Å². The molecule has 6 heteroatoms. The molecule has 0 aliphatic heterocycles. The summed E-state index contributed by atoms with van der Waals surface area (Å²) in [5.41, 5.74) is 2.05. The molecule has 4 nitrogen and oxygen atoms in total. The van der Waals surface area contributed by atoms with E-state index in [1.807, 2.05) is 11.5 Å². The summed E-state index contributed by atoms with van der Waals surface area (Å²) in [6.45, 7) is 3.45. The highest BCUT2D eigenvalue weighted by molar-refractivity contribution is 5.29. The molecule has 130 valence electrons. The molecule has 0 spiro atoms. The van der Waals surface area contributed by atoms with Crippen molar-refractivity contribution in [2.75, 3.05) is 11.9 Å².